The highest BCUT2D eigenvalue weighted by Crippen LogP contribution is 2.57. The van der Waals surface area contributed by atoms with Gasteiger partial charge in [-0.25, -0.2) is 9.59 Å². The van der Waals surface area contributed by atoms with Gasteiger partial charge in [-0.15, -0.1) is 0 Å². The Morgan fingerprint density at radius 2 is 1.64 bits per heavy atom. The number of nitrogens with zero attached hydrogens (tertiary/aromatic N) is 2. The molecule has 7 heteroatoms. The molecule has 2 atom stereocenters. The molecule has 2 heterocycles. The summed E-state index contributed by atoms with van der Waals surface area (Å²) in [7, 11) is 0. The first-order chi connectivity index (χ1) is 12.7. The van der Waals surface area contributed by atoms with Crippen molar-refractivity contribution in [1.82, 2.24) is 4.90 Å². The smallest absolute Gasteiger partial charge is 0.416 e. The number of amides is 2. The van der Waals surface area contributed by atoms with Crippen LogP contribution in [0.2, 0.25) is 0 Å². The van der Waals surface area contributed by atoms with Crippen molar-refractivity contribution in [2.45, 2.75) is 75.7 Å². The minimum atomic E-state index is -0.631. The largest absolute Gasteiger partial charge is 0.444 e. The molecular formula is C21H29IN2O4. The maximum atomic E-state index is 13.2. The van der Waals surface area contributed by atoms with Crippen LogP contribution < -0.4 is 4.90 Å². The van der Waals surface area contributed by atoms with Crippen molar-refractivity contribution in [2.24, 2.45) is 0 Å². The lowest BCUT2D eigenvalue weighted by molar-refractivity contribution is 0.0199. The van der Waals surface area contributed by atoms with Gasteiger partial charge in [0, 0.05) is 6.54 Å². The highest BCUT2D eigenvalue weighted by atomic mass is 127. The summed E-state index contributed by atoms with van der Waals surface area (Å²) in [6, 6.07) is 6.04. The quantitative estimate of drug-likeness (QED) is 0.356. The molecule has 1 fully saturated rings. The topological polar surface area (TPSA) is 59.1 Å². The zero-order chi connectivity index (χ0) is 21.1. The number of hydrogen-bond donors (Lipinski definition) is 0. The molecule has 0 radical (unpaired) electrons. The molecule has 2 aliphatic rings. The number of rotatable bonds is 0. The number of hydrogen-bond acceptors (Lipinski definition) is 4. The Bertz CT molecular complexity index is 812. The van der Waals surface area contributed by atoms with Crippen LogP contribution in [0.3, 0.4) is 0 Å². The zero-order valence-corrected chi connectivity index (χ0v) is 19.8. The molecule has 0 unspecified atom stereocenters. The van der Waals surface area contributed by atoms with E-state index >= 15 is 0 Å². The van der Waals surface area contributed by atoms with Gasteiger partial charge >= 0.3 is 12.2 Å². The molecule has 2 amide bonds. The van der Waals surface area contributed by atoms with Gasteiger partial charge in [0.2, 0.25) is 0 Å². The summed E-state index contributed by atoms with van der Waals surface area (Å²) in [6.45, 7) is 13.6. The predicted molar refractivity (Wildman–Crippen MR) is 117 cm³/mol. The van der Waals surface area contributed by atoms with Gasteiger partial charge in [-0.3, -0.25) is 9.80 Å². The molecule has 1 aromatic carbocycles. The van der Waals surface area contributed by atoms with E-state index in [1.54, 1.807) is 9.80 Å². The number of anilines is 1. The van der Waals surface area contributed by atoms with Gasteiger partial charge in [0.15, 0.2) is 0 Å². The monoisotopic (exact) mass is 500 g/mol. The highest BCUT2D eigenvalue weighted by molar-refractivity contribution is 14.1. The minimum Gasteiger partial charge on any atom is -0.444 e. The number of halogens is 1. The van der Waals surface area contributed by atoms with Crippen LogP contribution in [0.15, 0.2) is 18.2 Å². The van der Waals surface area contributed by atoms with E-state index in [0.717, 1.165) is 23.2 Å². The summed E-state index contributed by atoms with van der Waals surface area (Å²) >= 11 is 2.40. The van der Waals surface area contributed by atoms with Gasteiger partial charge < -0.3 is 9.47 Å². The third-order valence-corrected chi connectivity index (χ3v) is 6.42. The summed E-state index contributed by atoms with van der Waals surface area (Å²) in [5, 5.41) is 0. The van der Waals surface area contributed by atoms with Gasteiger partial charge in [0.25, 0.3) is 0 Å². The second-order valence-electron chi connectivity index (χ2n) is 9.53. The summed E-state index contributed by atoms with van der Waals surface area (Å²) in [6.07, 6.45) is -0.590. The third kappa shape index (κ3) is 3.82. The molecular weight excluding hydrogens is 471 g/mol. The Kier molecular flexibility index (Phi) is 5.13. The Morgan fingerprint density at radius 3 is 2.21 bits per heavy atom. The lowest BCUT2D eigenvalue weighted by Gasteiger charge is -2.36. The number of aryl methyl sites for hydroxylation is 1. The SMILES string of the molecule is Cc1ccc2c(c1)[C@]1(I)CCN(C(=O)OC(C)(C)C)[C@@H]1N2C(=O)OC(C)(C)C. The molecule has 0 bridgehead atoms. The second-order valence-corrected chi connectivity index (χ2v) is 11.5. The van der Waals surface area contributed by atoms with Gasteiger partial charge in [-0.2, -0.15) is 0 Å². The maximum absolute atomic E-state index is 13.2. The van der Waals surface area contributed by atoms with E-state index in [4.69, 9.17) is 9.47 Å². The Hall–Kier alpha value is -1.51. The van der Waals surface area contributed by atoms with Crippen LogP contribution >= 0.6 is 22.6 Å². The fourth-order valence-electron chi connectivity index (χ4n) is 3.74. The van der Waals surface area contributed by atoms with Crippen molar-refractivity contribution >= 4 is 40.5 Å². The van der Waals surface area contributed by atoms with E-state index in [1.165, 1.54) is 0 Å². The summed E-state index contributed by atoms with van der Waals surface area (Å²) in [5.41, 5.74) is 1.75. The first-order valence-corrected chi connectivity index (χ1v) is 10.6. The Balaban J connectivity index is 2.05. The number of likely N-dealkylation sites (tertiary alicyclic amines) is 1. The van der Waals surface area contributed by atoms with Gasteiger partial charge in [0.05, 0.1) is 9.11 Å². The minimum absolute atomic E-state index is 0.396. The first kappa shape index (κ1) is 21.2. The highest BCUT2D eigenvalue weighted by Gasteiger charge is 2.60. The van der Waals surface area contributed by atoms with E-state index in [-0.39, 0.29) is 0 Å². The van der Waals surface area contributed by atoms with Crippen molar-refractivity contribution in [3.8, 4) is 0 Å². The molecule has 6 nitrogen and oxygen atoms in total. The number of fused-ring (bicyclic) bond motifs is 3. The number of carbonyl (C=O) groups excluding carboxylic acids is 2. The number of carbonyl (C=O) groups is 2. The molecule has 0 N–H and O–H groups in total. The van der Waals surface area contributed by atoms with E-state index in [1.807, 2.05) is 60.6 Å². The number of benzene rings is 1. The standard InChI is InChI=1S/C21H29IN2O4/c1-13-8-9-15-14(12-13)21(22)10-11-23(17(25)27-19(2,3)4)16(21)24(15)18(26)28-20(5,6)7/h8-9,12,16H,10-11H2,1-7H3/t16-,21-/m1/s1. The third-order valence-electron chi connectivity index (χ3n) is 4.74. The van der Waals surface area contributed by atoms with Crippen molar-refractivity contribution < 1.29 is 19.1 Å². The normalized spacial score (nSPS) is 24.1. The molecule has 0 aromatic heterocycles. The zero-order valence-electron chi connectivity index (χ0n) is 17.6. The van der Waals surface area contributed by atoms with Gasteiger partial charge in [-0.1, -0.05) is 40.3 Å². The molecule has 3 rings (SSSR count). The fourth-order valence-corrected chi connectivity index (χ4v) is 5.03. The van der Waals surface area contributed by atoms with Crippen LogP contribution in [0, 0.1) is 6.92 Å². The average Bonchev–Trinajstić information content (AvgIpc) is 2.95. The van der Waals surface area contributed by atoms with Crippen LogP contribution in [0.25, 0.3) is 0 Å². The fraction of sp³-hybridized carbons (Fsp3) is 0.619. The molecule has 0 saturated carbocycles. The molecule has 1 aromatic rings. The lowest BCUT2D eigenvalue weighted by Crippen LogP contribution is -2.54. The van der Waals surface area contributed by atoms with E-state index in [2.05, 4.69) is 28.7 Å². The maximum Gasteiger partial charge on any atom is 0.416 e. The van der Waals surface area contributed by atoms with Crippen molar-refractivity contribution in [3.05, 3.63) is 29.3 Å². The Morgan fingerprint density at radius 1 is 1.07 bits per heavy atom. The summed E-state index contributed by atoms with van der Waals surface area (Å²) < 4.78 is 10.9. The molecule has 0 spiro atoms. The Labute approximate surface area is 180 Å². The predicted octanol–water partition coefficient (Wildman–Crippen LogP) is 5.35. The number of alkyl halides is 1. The molecule has 2 aliphatic heterocycles. The number of ether oxygens (including phenoxy) is 2. The van der Waals surface area contributed by atoms with Crippen LogP contribution in [-0.2, 0) is 12.9 Å². The van der Waals surface area contributed by atoms with Crippen molar-refractivity contribution in [1.29, 1.82) is 0 Å². The summed E-state index contributed by atoms with van der Waals surface area (Å²) in [5.74, 6) is 0. The van der Waals surface area contributed by atoms with E-state index in [0.29, 0.717) is 6.54 Å². The van der Waals surface area contributed by atoms with Crippen molar-refractivity contribution in [3.63, 3.8) is 0 Å². The average molecular weight is 500 g/mol. The van der Waals surface area contributed by atoms with Crippen LogP contribution in [0.4, 0.5) is 15.3 Å². The van der Waals surface area contributed by atoms with E-state index in [9.17, 15) is 9.59 Å². The van der Waals surface area contributed by atoms with E-state index < -0.39 is 33.0 Å². The summed E-state index contributed by atoms with van der Waals surface area (Å²) in [4.78, 5) is 29.4. The van der Waals surface area contributed by atoms with Gasteiger partial charge in [0.1, 0.15) is 17.4 Å². The van der Waals surface area contributed by atoms with Crippen molar-refractivity contribution in [2.75, 3.05) is 11.4 Å². The second kappa shape index (κ2) is 6.78. The first-order valence-electron chi connectivity index (χ1n) is 9.55. The van der Waals surface area contributed by atoms with Crippen LogP contribution in [0.5, 0.6) is 0 Å². The van der Waals surface area contributed by atoms with Gasteiger partial charge in [-0.05, 0) is 66.5 Å². The molecule has 1 saturated heterocycles. The van der Waals surface area contributed by atoms with Crippen LogP contribution in [-0.4, -0.2) is 41.0 Å². The van der Waals surface area contributed by atoms with Crippen LogP contribution in [0.1, 0.15) is 59.1 Å². The molecule has 0 aliphatic carbocycles. The lowest BCUT2D eigenvalue weighted by atomic mass is 9.97. The molecule has 154 valence electrons. The molecule has 28 heavy (non-hydrogen) atoms.